The summed E-state index contributed by atoms with van der Waals surface area (Å²) in [4.78, 5) is 31.9. The molecule has 0 spiro atoms. The van der Waals surface area contributed by atoms with E-state index in [4.69, 9.17) is 4.74 Å². The fourth-order valence-electron chi connectivity index (χ4n) is 1.88. The lowest BCUT2D eigenvalue weighted by Gasteiger charge is -2.16. The summed E-state index contributed by atoms with van der Waals surface area (Å²) in [6, 6.07) is 16.4. The second-order valence-electron chi connectivity index (χ2n) is 6.57. The van der Waals surface area contributed by atoms with Gasteiger partial charge in [-0.25, -0.2) is 14.5 Å². The van der Waals surface area contributed by atoms with Crippen molar-refractivity contribution < 1.29 is 29.1 Å². The van der Waals surface area contributed by atoms with E-state index in [-0.39, 0.29) is 17.6 Å². The Morgan fingerprint density at radius 1 is 0.880 bits per heavy atom. The van der Waals surface area contributed by atoms with Crippen molar-refractivity contribution in [3.05, 3.63) is 60.2 Å². The Morgan fingerprint density at radius 2 is 1.56 bits per heavy atom. The van der Waals surface area contributed by atoms with Crippen molar-refractivity contribution >= 4 is 12.1 Å². The molecule has 0 atom stereocenters. The smallest absolute Gasteiger partial charge is 0.432 e. The highest BCUT2D eigenvalue weighted by Gasteiger charge is 2.17. The molecule has 0 fully saturated rings. The Bertz CT molecular complexity index is 718. The molecule has 0 saturated heterocycles. The molecule has 25 heavy (non-hydrogen) atoms. The summed E-state index contributed by atoms with van der Waals surface area (Å²) in [5.41, 5.74) is 1.85. The van der Waals surface area contributed by atoms with Crippen LogP contribution in [0.3, 0.4) is 0 Å². The first-order valence-corrected chi connectivity index (χ1v) is 7.73. The molecule has 132 valence electrons. The molecule has 0 amide bonds. The largest absolute Gasteiger partial charge is 0.543 e. The van der Waals surface area contributed by atoms with Gasteiger partial charge in [-0.3, -0.25) is 4.89 Å². The third-order valence-electron chi connectivity index (χ3n) is 3.04. The van der Waals surface area contributed by atoms with E-state index in [1.807, 2.05) is 57.2 Å². The zero-order valence-electron chi connectivity index (χ0n) is 14.4. The minimum Gasteiger partial charge on any atom is -0.432 e. The van der Waals surface area contributed by atoms with Crippen LogP contribution in [-0.4, -0.2) is 18.7 Å². The van der Waals surface area contributed by atoms with Crippen LogP contribution < -0.4 is 0 Å². The van der Waals surface area contributed by atoms with Crippen LogP contribution in [-0.2, 0) is 19.6 Å². The van der Waals surface area contributed by atoms with Gasteiger partial charge in [-0.1, -0.05) is 63.2 Å². The minimum absolute atomic E-state index is 0.141. The zero-order valence-corrected chi connectivity index (χ0v) is 14.4. The van der Waals surface area contributed by atoms with E-state index >= 15 is 0 Å². The number of benzene rings is 2. The van der Waals surface area contributed by atoms with Gasteiger partial charge >= 0.3 is 12.1 Å². The molecular formula is C19H20O6. The molecule has 6 heteroatoms. The van der Waals surface area contributed by atoms with Crippen LogP contribution in [0.1, 0.15) is 31.1 Å². The Kier molecular flexibility index (Phi) is 6.14. The van der Waals surface area contributed by atoms with Crippen molar-refractivity contribution in [1.82, 2.24) is 0 Å². The highest BCUT2D eigenvalue weighted by molar-refractivity contribution is 5.90. The summed E-state index contributed by atoms with van der Waals surface area (Å²) in [6.45, 7) is 5.81. The lowest BCUT2D eigenvalue weighted by molar-refractivity contribution is -0.452. The monoisotopic (exact) mass is 344 g/mol. The fraction of sp³-hybridized carbons (Fsp3) is 0.263. The highest BCUT2D eigenvalue weighted by Crippen LogP contribution is 2.20. The van der Waals surface area contributed by atoms with Gasteiger partial charge in [0.2, 0.25) is 0 Å². The van der Waals surface area contributed by atoms with Gasteiger partial charge in [0.15, 0.2) is 0 Å². The van der Waals surface area contributed by atoms with Crippen molar-refractivity contribution in [2.45, 2.75) is 20.8 Å². The summed E-state index contributed by atoms with van der Waals surface area (Å²) in [5.74, 6) is -0.790. The van der Waals surface area contributed by atoms with Crippen LogP contribution in [0.4, 0.5) is 4.79 Å². The SMILES string of the molecule is CC(C)(C)COC(=O)OOOC(=O)c1cccc(-c2ccccc2)c1. The molecule has 0 unspecified atom stereocenters. The lowest BCUT2D eigenvalue weighted by atomic mass is 9.99. The molecule has 0 aromatic heterocycles. The molecule has 0 heterocycles. The molecule has 0 bridgehead atoms. The van der Waals surface area contributed by atoms with Crippen LogP contribution in [0.25, 0.3) is 11.1 Å². The van der Waals surface area contributed by atoms with E-state index in [2.05, 4.69) is 14.8 Å². The average molecular weight is 344 g/mol. The molecule has 2 aromatic carbocycles. The maximum atomic E-state index is 11.9. The highest BCUT2D eigenvalue weighted by atomic mass is 17.5. The van der Waals surface area contributed by atoms with Crippen molar-refractivity contribution in [2.75, 3.05) is 6.61 Å². The number of hydrogen-bond donors (Lipinski definition) is 0. The fourth-order valence-corrected chi connectivity index (χ4v) is 1.88. The Balaban J connectivity index is 1.86. The van der Waals surface area contributed by atoms with Gasteiger partial charge in [0.05, 0.1) is 17.2 Å². The van der Waals surface area contributed by atoms with E-state index < -0.39 is 12.1 Å². The maximum absolute atomic E-state index is 11.9. The minimum atomic E-state index is -1.08. The van der Waals surface area contributed by atoms with Crippen LogP contribution in [0.5, 0.6) is 0 Å². The quantitative estimate of drug-likeness (QED) is 0.450. The van der Waals surface area contributed by atoms with Gasteiger partial charge in [-0.2, -0.15) is 0 Å². The summed E-state index contributed by atoms with van der Waals surface area (Å²) >= 11 is 0. The van der Waals surface area contributed by atoms with Gasteiger partial charge in [-0.15, -0.1) is 0 Å². The number of rotatable bonds is 5. The third kappa shape index (κ3) is 6.27. The second-order valence-corrected chi connectivity index (χ2v) is 6.57. The van der Waals surface area contributed by atoms with Crippen molar-refractivity contribution in [3.63, 3.8) is 0 Å². The molecule has 0 N–H and O–H groups in total. The Labute approximate surface area is 146 Å². The molecular weight excluding hydrogens is 324 g/mol. The summed E-state index contributed by atoms with van der Waals surface area (Å²) in [6.07, 6.45) is -1.08. The predicted octanol–water partition coefficient (Wildman–Crippen LogP) is 4.56. The summed E-state index contributed by atoms with van der Waals surface area (Å²) < 4.78 is 4.79. The first-order valence-electron chi connectivity index (χ1n) is 7.73. The molecule has 0 aliphatic carbocycles. The third-order valence-corrected chi connectivity index (χ3v) is 3.04. The molecule has 0 aliphatic rings. The maximum Gasteiger partial charge on any atom is 0.543 e. The molecule has 2 aromatic rings. The molecule has 0 saturated carbocycles. The van der Waals surface area contributed by atoms with E-state index in [9.17, 15) is 9.59 Å². The van der Waals surface area contributed by atoms with Crippen molar-refractivity contribution in [3.8, 4) is 11.1 Å². The number of ether oxygens (including phenoxy) is 1. The van der Waals surface area contributed by atoms with Gasteiger partial charge in [0.25, 0.3) is 0 Å². The second kappa shape index (κ2) is 8.30. The molecule has 6 nitrogen and oxygen atoms in total. The molecule has 0 radical (unpaired) electrons. The summed E-state index contributed by atoms with van der Waals surface area (Å²) in [5, 5.41) is 4.20. The van der Waals surface area contributed by atoms with Gasteiger partial charge in [0, 0.05) is 0 Å². The lowest BCUT2D eigenvalue weighted by Crippen LogP contribution is -2.19. The Hall–Kier alpha value is -2.86. The van der Waals surface area contributed by atoms with Gasteiger partial charge < -0.3 is 4.74 Å². The van der Waals surface area contributed by atoms with Gasteiger partial charge in [0.1, 0.15) is 0 Å². The number of carbonyl (C=O) groups excluding carboxylic acids is 2. The molecule has 0 aliphatic heterocycles. The van der Waals surface area contributed by atoms with E-state index in [1.54, 1.807) is 18.2 Å². The first kappa shape index (κ1) is 18.5. The van der Waals surface area contributed by atoms with Crippen LogP contribution in [0, 0.1) is 5.41 Å². The number of carbonyl (C=O) groups is 2. The van der Waals surface area contributed by atoms with Gasteiger partial charge in [-0.05, 0) is 28.7 Å². The van der Waals surface area contributed by atoms with Crippen LogP contribution in [0.15, 0.2) is 54.6 Å². The first-order chi connectivity index (χ1) is 11.8. The average Bonchev–Trinajstić information content (AvgIpc) is 2.60. The topological polar surface area (TPSA) is 71.1 Å². The van der Waals surface area contributed by atoms with E-state index in [0.717, 1.165) is 11.1 Å². The van der Waals surface area contributed by atoms with Crippen molar-refractivity contribution in [1.29, 1.82) is 0 Å². The van der Waals surface area contributed by atoms with Crippen LogP contribution >= 0.6 is 0 Å². The summed E-state index contributed by atoms with van der Waals surface area (Å²) in [7, 11) is 0. The van der Waals surface area contributed by atoms with Crippen LogP contribution in [0.2, 0.25) is 0 Å². The zero-order chi connectivity index (χ0) is 18.3. The van der Waals surface area contributed by atoms with E-state index in [0.29, 0.717) is 0 Å². The normalized spacial score (nSPS) is 10.8. The standard InChI is InChI=1S/C19H20O6/c1-19(2,3)13-22-18(21)24-25-23-17(20)16-11-7-10-15(12-16)14-8-5-4-6-9-14/h4-12H,13H2,1-3H3. The molecule has 2 rings (SSSR count). The van der Waals surface area contributed by atoms with E-state index in [1.165, 1.54) is 0 Å². The number of hydrogen-bond acceptors (Lipinski definition) is 6. The van der Waals surface area contributed by atoms with Crippen molar-refractivity contribution in [2.24, 2.45) is 5.41 Å². The predicted molar refractivity (Wildman–Crippen MR) is 90.3 cm³/mol. The Morgan fingerprint density at radius 3 is 2.24 bits per heavy atom.